The molecule has 1 aliphatic rings. The number of halogens is 1. The van der Waals surface area contributed by atoms with Crippen molar-refractivity contribution in [1.82, 2.24) is 5.32 Å². The summed E-state index contributed by atoms with van der Waals surface area (Å²) < 4.78 is 18.3. The average molecular weight is 269 g/mol. The molecule has 2 atom stereocenters. The van der Waals surface area contributed by atoms with Gasteiger partial charge in [-0.25, -0.2) is 4.39 Å². The predicted molar refractivity (Wildman–Crippen MR) is 73.6 cm³/mol. The van der Waals surface area contributed by atoms with Gasteiger partial charge in [0.25, 0.3) is 0 Å². The van der Waals surface area contributed by atoms with Crippen molar-refractivity contribution in [2.75, 3.05) is 19.7 Å². The molecule has 0 aromatic heterocycles. The summed E-state index contributed by atoms with van der Waals surface area (Å²) in [5.74, 6) is -0.177. The highest BCUT2D eigenvalue weighted by Gasteiger charge is 2.15. The molecule has 0 aliphatic carbocycles. The maximum Gasteiger partial charge on any atom is 0.123 e. The summed E-state index contributed by atoms with van der Waals surface area (Å²) in [5.41, 5.74) is 0. The standard InChI is InChI=1S/C14H20FNOS/c1-11(9-16-10-13-3-2-8-17-13)18-14-6-4-12(15)5-7-14/h4-7,11,13,16H,2-3,8-10H2,1H3. The lowest BCUT2D eigenvalue weighted by molar-refractivity contribution is 0.110. The van der Waals surface area contributed by atoms with Crippen LogP contribution in [0.15, 0.2) is 29.2 Å². The average Bonchev–Trinajstić information content (AvgIpc) is 2.85. The predicted octanol–water partition coefficient (Wildman–Crippen LogP) is 3.07. The molecule has 0 amide bonds. The van der Waals surface area contributed by atoms with Crippen LogP contribution in [0.2, 0.25) is 0 Å². The Morgan fingerprint density at radius 2 is 2.22 bits per heavy atom. The Morgan fingerprint density at radius 3 is 2.89 bits per heavy atom. The van der Waals surface area contributed by atoms with Crippen LogP contribution in [-0.4, -0.2) is 31.1 Å². The van der Waals surface area contributed by atoms with Crippen molar-refractivity contribution in [3.63, 3.8) is 0 Å². The minimum atomic E-state index is -0.177. The van der Waals surface area contributed by atoms with Crippen LogP contribution in [0.3, 0.4) is 0 Å². The topological polar surface area (TPSA) is 21.3 Å². The van der Waals surface area contributed by atoms with Crippen LogP contribution in [0.1, 0.15) is 19.8 Å². The molecule has 0 saturated carbocycles. The second kappa shape index (κ2) is 7.12. The fraction of sp³-hybridized carbons (Fsp3) is 0.571. The van der Waals surface area contributed by atoms with Crippen LogP contribution in [0.25, 0.3) is 0 Å². The molecular formula is C14H20FNOS. The molecule has 1 aromatic carbocycles. The second-order valence-corrected chi connectivity index (χ2v) is 6.19. The van der Waals surface area contributed by atoms with Crippen LogP contribution >= 0.6 is 11.8 Å². The van der Waals surface area contributed by atoms with Crippen molar-refractivity contribution in [2.45, 2.75) is 36.0 Å². The Bertz CT molecular complexity index is 351. The molecule has 18 heavy (non-hydrogen) atoms. The van der Waals surface area contributed by atoms with Crippen molar-refractivity contribution in [1.29, 1.82) is 0 Å². The Morgan fingerprint density at radius 1 is 1.44 bits per heavy atom. The molecule has 4 heteroatoms. The molecule has 1 aromatic rings. The fourth-order valence-corrected chi connectivity index (χ4v) is 3.00. The van der Waals surface area contributed by atoms with Gasteiger partial charge < -0.3 is 10.1 Å². The second-order valence-electron chi connectivity index (χ2n) is 4.68. The van der Waals surface area contributed by atoms with Gasteiger partial charge in [0.15, 0.2) is 0 Å². The summed E-state index contributed by atoms with van der Waals surface area (Å²) in [5, 5.41) is 3.91. The van der Waals surface area contributed by atoms with E-state index < -0.39 is 0 Å². The molecule has 0 spiro atoms. The molecule has 1 heterocycles. The lowest BCUT2D eigenvalue weighted by Crippen LogP contribution is -2.30. The summed E-state index contributed by atoms with van der Waals surface area (Å²) in [6.45, 7) is 4.97. The quantitative estimate of drug-likeness (QED) is 0.802. The smallest absolute Gasteiger partial charge is 0.123 e. The van der Waals surface area contributed by atoms with Crippen molar-refractivity contribution in [2.24, 2.45) is 0 Å². The molecule has 2 rings (SSSR count). The molecule has 2 unspecified atom stereocenters. The van der Waals surface area contributed by atoms with Crippen LogP contribution in [0.5, 0.6) is 0 Å². The third-order valence-electron chi connectivity index (χ3n) is 2.98. The van der Waals surface area contributed by atoms with Gasteiger partial charge in [-0.15, -0.1) is 11.8 Å². The first-order valence-electron chi connectivity index (χ1n) is 6.48. The normalized spacial score (nSPS) is 21.1. The number of hydrogen-bond acceptors (Lipinski definition) is 3. The maximum absolute atomic E-state index is 12.8. The molecule has 1 saturated heterocycles. The Hall–Kier alpha value is -0.580. The van der Waals surface area contributed by atoms with Crippen LogP contribution in [0, 0.1) is 5.82 Å². The number of benzene rings is 1. The van der Waals surface area contributed by atoms with E-state index in [4.69, 9.17) is 4.74 Å². The van der Waals surface area contributed by atoms with Crippen molar-refractivity contribution < 1.29 is 9.13 Å². The van der Waals surface area contributed by atoms with E-state index in [1.165, 1.54) is 25.0 Å². The minimum absolute atomic E-state index is 0.177. The molecule has 2 nitrogen and oxygen atoms in total. The summed E-state index contributed by atoms with van der Waals surface area (Å²) in [6.07, 6.45) is 2.76. The molecule has 100 valence electrons. The van der Waals surface area contributed by atoms with Crippen LogP contribution in [0.4, 0.5) is 4.39 Å². The molecule has 0 bridgehead atoms. The van der Waals surface area contributed by atoms with Gasteiger partial charge in [-0.05, 0) is 37.1 Å². The maximum atomic E-state index is 12.8. The fourth-order valence-electron chi connectivity index (χ4n) is 2.04. The van der Waals surface area contributed by atoms with Gasteiger partial charge in [0, 0.05) is 29.8 Å². The SMILES string of the molecule is CC(CNCC1CCCO1)Sc1ccc(F)cc1. The molecule has 1 aliphatic heterocycles. The highest BCUT2D eigenvalue weighted by atomic mass is 32.2. The largest absolute Gasteiger partial charge is 0.377 e. The van der Waals surface area contributed by atoms with E-state index in [0.717, 1.165) is 24.6 Å². The summed E-state index contributed by atoms with van der Waals surface area (Å²) in [7, 11) is 0. The molecule has 1 fully saturated rings. The van der Waals surface area contributed by atoms with E-state index >= 15 is 0 Å². The Labute approximate surface area is 112 Å². The summed E-state index contributed by atoms with van der Waals surface area (Å²) in [4.78, 5) is 1.11. The third-order valence-corrected chi connectivity index (χ3v) is 4.09. The van der Waals surface area contributed by atoms with E-state index in [1.807, 2.05) is 12.1 Å². The van der Waals surface area contributed by atoms with E-state index in [-0.39, 0.29) is 5.82 Å². The zero-order valence-electron chi connectivity index (χ0n) is 10.7. The highest BCUT2D eigenvalue weighted by Crippen LogP contribution is 2.22. The summed E-state index contributed by atoms with van der Waals surface area (Å²) in [6, 6.07) is 6.68. The van der Waals surface area contributed by atoms with Crippen molar-refractivity contribution >= 4 is 11.8 Å². The van der Waals surface area contributed by atoms with Gasteiger partial charge in [0.05, 0.1) is 6.10 Å². The Kier molecular flexibility index (Phi) is 5.47. The van der Waals surface area contributed by atoms with E-state index in [2.05, 4.69) is 12.2 Å². The lowest BCUT2D eigenvalue weighted by atomic mass is 10.2. The zero-order valence-corrected chi connectivity index (χ0v) is 11.5. The van der Waals surface area contributed by atoms with Gasteiger partial charge in [-0.3, -0.25) is 0 Å². The monoisotopic (exact) mass is 269 g/mol. The third kappa shape index (κ3) is 4.59. The van der Waals surface area contributed by atoms with Crippen LogP contribution in [-0.2, 0) is 4.74 Å². The highest BCUT2D eigenvalue weighted by molar-refractivity contribution is 8.00. The van der Waals surface area contributed by atoms with E-state index in [0.29, 0.717) is 11.4 Å². The Balaban J connectivity index is 1.65. The number of rotatable bonds is 6. The number of ether oxygens (including phenoxy) is 1. The van der Waals surface area contributed by atoms with Crippen molar-refractivity contribution in [3.8, 4) is 0 Å². The zero-order chi connectivity index (χ0) is 12.8. The summed E-state index contributed by atoms with van der Waals surface area (Å²) >= 11 is 1.76. The first-order valence-corrected chi connectivity index (χ1v) is 7.36. The lowest BCUT2D eigenvalue weighted by Gasteiger charge is -2.15. The van der Waals surface area contributed by atoms with E-state index in [1.54, 1.807) is 11.8 Å². The molecule has 1 N–H and O–H groups in total. The molecule has 0 radical (unpaired) electrons. The van der Waals surface area contributed by atoms with Gasteiger partial charge in [-0.1, -0.05) is 6.92 Å². The van der Waals surface area contributed by atoms with Crippen LogP contribution < -0.4 is 5.32 Å². The number of thioether (sulfide) groups is 1. The molecular weight excluding hydrogens is 249 g/mol. The van der Waals surface area contributed by atoms with Gasteiger partial charge >= 0.3 is 0 Å². The number of hydrogen-bond donors (Lipinski definition) is 1. The van der Waals surface area contributed by atoms with Gasteiger partial charge in [-0.2, -0.15) is 0 Å². The first-order chi connectivity index (χ1) is 8.74. The van der Waals surface area contributed by atoms with Gasteiger partial charge in [0.1, 0.15) is 5.82 Å². The van der Waals surface area contributed by atoms with E-state index in [9.17, 15) is 4.39 Å². The first kappa shape index (κ1) is 13.8. The minimum Gasteiger partial charge on any atom is -0.377 e. The number of nitrogens with one attached hydrogen (secondary N) is 1. The van der Waals surface area contributed by atoms with Gasteiger partial charge in [0.2, 0.25) is 0 Å². The van der Waals surface area contributed by atoms with Crippen molar-refractivity contribution in [3.05, 3.63) is 30.1 Å².